The van der Waals surface area contributed by atoms with Crippen molar-refractivity contribution in [3.8, 4) is 5.75 Å². The molecule has 0 atom stereocenters. The second-order valence-corrected chi connectivity index (χ2v) is 6.92. The summed E-state index contributed by atoms with van der Waals surface area (Å²) in [6.07, 6.45) is 2.11. The number of halogens is 2. The van der Waals surface area contributed by atoms with Gasteiger partial charge in [-0.15, -0.1) is 24.0 Å². The van der Waals surface area contributed by atoms with Crippen molar-refractivity contribution in [2.24, 2.45) is 4.99 Å². The highest BCUT2D eigenvalue weighted by Crippen LogP contribution is 2.18. The van der Waals surface area contributed by atoms with Crippen LogP contribution in [0.3, 0.4) is 0 Å². The van der Waals surface area contributed by atoms with E-state index < -0.39 is 0 Å². The minimum absolute atomic E-state index is 0. The molecule has 2 aromatic rings. The van der Waals surface area contributed by atoms with Crippen molar-refractivity contribution in [2.75, 3.05) is 13.2 Å². The van der Waals surface area contributed by atoms with Gasteiger partial charge in [-0.25, -0.2) is 9.38 Å². The van der Waals surface area contributed by atoms with Gasteiger partial charge in [0.1, 0.15) is 11.6 Å². The minimum Gasteiger partial charge on any atom is -0.484 e. The van der Waals surface area contributed by atoms with Gasteiger partial charge >= 0.3 is 0 Å². The molecule has 162 valence electrons. The Morgan fingerprint density at radius 1 is 1.17 bits per heavy atom. The molecule has 0 unspecified atom stereocenters. The Bertz CT molecular complexity index is 859. The summed E-state index contributed by atoms with van der Waals surface area (Å²) in [4.78, 5) is 16.3. The van der Waals surface area contributed by atoms with Crippen LogP contribution in [-0.4, -0.2) is 31.1 Å². The first-order valence-electron chi connectivity index (χ1n) is 9.90. The molecule has 8 heteroatoms. The molecule has 0 aliphatic heterocycles. The lowest BCUT2D eigenvalue weighted by molar-refractivity contribution is -0.123. The van der Waals surface area contributed by atoms with Crippen molar-refractivity contribution in [3.63, 3.8) is 0 Å². The van der Waals surface area contributed by atoms with Gasteiger partial charge in [-0.3, -0.25) is 4.79 Å². The molecule has 0 heterocycles. The number of benzene rings is 2. The van der Waals surface area contributed by atoms with Crippen molar-refractivity contribution in [3.05, 3.63) is 65.5 Å². The number of carbonyl (C=O) groups is 1. The Morgan fingerprint density at radius 3 is 2.70 bits per heavy atom. The third-order valence-electron chi connectivity index (χ3n) is 4.38. The highest BCUT2D eigenvalue weighted by molar-refractivity contribution is 14.0. The van der Waals surface area contributed by atoms with Crippen LogP contribution in [0, 0.1) is 5.82 Å². The normalized spacial score (nSPS) is 13.2. The molecule has 0 spiro atoms. The highest BCUT2D eigenvalue weighted by atomic mass is 127. The van der Waals surface area contributed by atoms with Crippen molar-refractivity contribution in [1.82, 2.24) is 16.0 Å². The molecule has 0 aromatic heterocycles. The SMILES string of the molecule is CCNC(=NCc1cccc(OCC(=O)NC2CC2)c1)NCc1ccccc1F.I. The van der Waals surface area contributed by atoms with Gasteiger partial charge < -0.3 is 20.7 Å². The third-order valence-corrected chi connectivity index (χ3v) is 4.38. The number of amides is 1. The summed E-state index contributed by atoms with van der Waals surface area (Å²) in [5.74, 6) is 0.896. The number of nitrogens with zero attached hydrogens (tertiary/aromatic N) is 1. The molecule has 30 heavy (non-hydrogen) atoms. The minimum atomic E-state index is -0.244. The standard InChI is InChI=1S/C22H27FN4O2.HI/c1-2-24-22(26-14-17-7-3-4-9-20(17)23)25-13-16-6-5-8-19(12-16)29-15-21(28)27-18-10-11-18;/h3-9,12,18H,2,10-11,13-15H2,1H3,(H,27,28)(H2,24,25,26);1H. The predicted molar refractivity (Wildman–Crippen MR) is 127 cm³/mol. The van der Waals surface area contributed by atoms with E-state index >= 15 is 0 Å². The van der Waals surface area contributed by atoms with Gasteiger partial charge in [0.05, 0.1) is 6.54 Å². The number of ether oxygens (including phenoxy) is 1. The molecule has 0 bridgehead atoms. The zero-order chi connectivity index (χ0) is 20.5. The lowest BCUT2D eigenvalue weighted by Crippen LogP contribution is -2.37. The van der Waals surface area contributed by atoms with Crippen molar-refractivity contribution in [2.45, 2.75) is 38.9 Å². The number of hydrogen-bond acceptors (Lipinski definition) is 3. The van der Waals surface area contributed by atoms with Crippen molar-refractivity contribution >= 4 is 35.8 Å². The Kier molecular flexibility index (Phi) is 9.85. The lowest BCUT2D eigenvalue weighted by atomic mass is 10.2. The molecule has 1 saturated carbocycles. The Morgan fingerprint density at radius 2 is 1.97 bits per heavy atom. The second kappa shape index (κ2) is 12.4. The van der Waals surface area contributed by atoms with Crippen LogP contribution in [-0.2, 0) is 17.9 Å². The molecule has 1 fully saturated rings. The van der Waals surface area contributed by atoms with Crippen LogP contribution in [0.5, 0.6) is 5.75 Å². The quantitative estimate of drug-likeness (QED) is 0.266. The topological polar surface area (TPSA) is 74.8 Å². The zero-order valence-corrected chi connectivity index (χ0v) is 19.3. The first kappa shape index (κ1) is 23.9. The van der Waals surface area contributed by atoms with Gasteiger partial charge in [0.2, 0.25) is 0 Å². The van der Waals surface area contributed by atoms with Gasteiger partial charge in [0, 0.05) is 24.7 Å². The maximum absolute atomic E-state index is 13.8. The van der Waals surface area contributed by atoms with Crippen LogP contribution >= 0.6 is 24.0 Å². The highest BCUT2D eigenvalue weighted by Gasteiger charge is 2.23. The zero-order valence-electron chi connectivity index (χ0n) is 17.0. The molecule has 3 N–H and O–H groups in total. The van der Waals surface area contributed by atoms with Crippen molar-refractivity contribution in [1.29, 1.82) is 0 Å². The fourth-order valence-electron chi connectivity index (χ4n) is 2.71. The van der Waals surface area contributed by atoms with Crippen LogP contribution in [0.15, 0.2) is 53.5 Å². The number of nitrogens with one attached hydrogen (secondary N) is 3. The van der Waals surface area contributed by atoms with Crippen LogP contribution < -0.4 is 20.7 Å². The number of rotatable bonds is 9. The van der Waals surface area contributed by atoms with E-state index in [-0.39, 0.29) is 42.3 Å². The van der Waals surface area contributed by atoms with Gasteiger partial charge in [-0.2, -0.15) is 0 Å². The van der Waals surface area contributed by atoms with E-state index in [1.54, 1.807) is 18.2 Å². The average Bonchev–Trinajstić information content (AvgIpc) is 3.54. The van der Waals surface area contributed by atoms with Gasteiger partial charge in [-0.1, -0.05) is 30.3 Å². The maximum atomic E-state index is 13.8. The second-order valence-electron chi connectivity index (χ2n) is 6.92. The number of carbonyl (C=O) groups excluding carboxylic acids is 1. The Hall–Kier alpha value is -2.36. The predicted octanol–water partition coefficient (Wildman–Crippen LogP) is 3.36. The molecule has 1 amide bonds. The number of hydrogen-bond donors (Lipinski definition) is 3. The van der Waals surface area contributed by atoms with Crippen molar-refractivity contribution < 1.29 is 13.9 Å². The Balaban J connectivity index is 0.00000320. The molecule has 0 radical (unpaired) electrons. The molecule has 3 rings (SSSR count). The van der Waals surface area contributed by atoms with Crippen LogP contribution in [0.1, 0.15) is 30.9 Å². The number of aliphatic imine (C=N–C) groups is 1. The summed E-state index contributed by atoms with van der Waals surface area (Å²) < 4.78 is 19.4. The molecule has 1 aliphatic carbocycles. The van der Waals surface area contributed by atoms with Gasteiger partial charge in [0.15, 0.2) is 12.6 Å². The van der Waals surface area contributed by atoms with Crippen LogP contribution in [0.25, 0.3) is 0 Å². The summed E-state index contributed by atoms with van der Waals surface area (Å²) in [6, 6.07) is 14.5. The third kappa shape index (κ3) is 8.17. The smallest absolute Gasteiger partial charge is 0.258 e. The summed E-state index contributed by atoms with van der Waals surface area (Å²) in [5, 5.41) is 9.19. The van der Waals surface area contributed by atoms with Gasteiger partial charge in [0.25, 0.3) is 5.91 Å². The average molecular weight is 526 g/mol. The molecular formula is C22H28FIN4O2. The molecule has 6 nitrogen and oxygen atoms in total. The van der Waals surface area contributed by atoms with E-state index in [0.717, 1.165) is 18.4 Å². The molecule has 2 aromatic carbocycles. The van der Waals surface area contributed by atoms with E-state index in [0.29, 0.717) is 42.9 Å². The first-order valence-corrected chi connectivity index (χ1v) is 9.90. The van der Waals surface area contributed by atoms with Gasteiger partial charge in [-0.05, 0) is 43.5 Å². The summed E-state index contributed by atoms with van der Waals surface area (Å²) in [6.45, 7) is 3.45. The van der Waals surface area contributed by atoms with E-state index in [1.165, 1.54) is 6.07 Å². The summed E-state index contributed by atoms with van der Waals surface area (Å²) in [5.41, 5.74) is 1.53. The fraction of sp³-hybridized carbons (Fsp3) is 0.364. The van der Waals surface area contributed by atoms with E-state index in [9.17, 15) is 9.18 Å². The monoisotopic (exact) mass is 526 g/mol. The first-order chi connectivity index (χ1) is 14.1. The summed E-state index contributed by atoms with van der Waals surface area (Å²) in [7, 11) is 0. The molecule has 0 saturated heterocycles. The molecule has 1 aliphatic rings. The maximum Gasteiger partial charge on any atom is 0.258 e. The van der Waals surface area contributed by atoms with E-state index in [4.69, 9.17) is 4.74 Å². The van der Waals surface area contributed by atoms with E-state index in [2.05, 4.69) is 20.9 Å². The summed E-state index contributed by atoms with van der Waals surface area (Å²) >= 11 is 0. The van der Waals surface area contributed by atoms with Crippen LogP contribution in [0.4, 0.5) is 4.39 Å². The molecular weight excluding hydrogens is 498 g/mol. The van der Waals surface area contributed by atoms with Crippen LogP contribution in [0.2, 0.25) is 0 Å². The number of guanidine groups is 1. The lowest BCUT2D eigenvalue weighted by Gasteiger charge is -2.12. The largest absolute Gasteiger partial charge is 0.484 e. The Labute approximate surface area is 193 Å². The van der Waals surface area contributed by atoms with E-state index in [1.807, 2.05) is 31.2 Å². The fourth-order valence-corrected chi connectivity index (χ4v) is 2.71.